The summed E-state index contributed by atoms with van der Waals surface area (Å²) in [7, 11) is 0. The number of carbonyl (C=O) groups is 1. The molecule has 0 radical (unpaired) electrons. The van der Waals surface area contributed by atoms with E-state index in [9.17, 15) is 4.79 Å². The normalized spacial score (nSPS) is 10.3. The molecule has 0 aliphatic carbocycles. The number of aryl methyl sites for hydroxylation is 1. The molecule has 1 aromatic heterocycles. The maximum absolute atomic E-state index is 12.1. The van der Waals surface area contributed by atoms with E-state index in [4.69, 9.17) is 22.4 Å². The van der Waals surface area contributed by atoms with Crippen LogP contribution in [-0.2, 0) is 6.42 Å². The molecule has 0 fully saturated rings. The quantitative estimate of drug-likeness (QED) is 0.826. The van der Waals surface area contributed by atoms with E-state index in [-0.39, 0.29) is 16.7 Å². The molecule has 1 aromatic carbocycles. The molecule has 104 valence electrons. The number of thiocarbonyl (C=S) groups is 1. The third-order valence-electron chi connectivity index (χ3n) is 2.73. The lowest BCUT2D eigenvalue weighted by Gasteiger charge is -2.09. The van der Waals surface area contributed by atoms with Gasteiger partial charge in [0.1, 0.15) is 10.7 Å². The number of hydrogen-bond acceptors (Lipinski definition) is 3. The standard InChI is InChI=1S/C14H13BrN2O2S/c1-2-9-4-6-12(19-9)14(18)17-11-7-8(15)3-5-10(11)13(16)20/h3-7H,2H2,1H3,(H2,16,20)(H,17,18). The van der Waals surface area contributed by atoms with Gasteiger partial charge in [0.2, 0.25) is 0 Å². The maximum Gasteiger partial charge on any atom is 0.291 e. The van der Waals surface area contributed by atoms with Gasteiger partial charge in [-0.05, 0) is 30.3 Å². The van der Waals surface area contributed by atoms with Crippen molar-refractivity contribution < 1.29 is 9.21 Å². The Morgan fingerprint density at radius 1 is 1.40 bits per heavy atom. The van der Waals surface area contributed by atoms with E-state index in [0.29, 0.717) is 11.3 Å². The zero-order valence-electron chi connectivity index (χ0n) is 10.8. The lowest BCUT2D eigenvalue weighted by molar-refractivity contribution is 0.0995. The molecule has 1 amide bonds. The minimum Gasteiger partial charge on any atom is -0.456 e. The highest BCUT2D eigenvalue weighted by atomic mass is 79.9. The number of anilines is 1. The van der Waals surface area contributed by atoms with Gasteiger partial charge in [-0.2, -0.15) is 0 Å². The SMILES string of the molecule is CCc1ccc(C(=O)Nc2cc(Br)ccc2C(N)=S)o1. The third kappa shape index (κ3) is 3.26. The molecule has 0 saturated carbocycles. The molecule has 0 aliphatic rings. The van der Waals surface area contributed by atoms with Crippen molar-refractivity contribution in [3.8, 4) is 0 Å². The summed E-state index contributed by atoms with van der Waals surface area (Å²) in [5.74, 6) is 0.690. The number of furan rings is 1. The van der Waals surface area contributed by atoms with Crippen molar-refractivity contribution in [2.75, 3.05) is 5.32 Å². The lowest BCUT2D eigenvalue weighted by Crippen LogP contribution is -2.17. The highest BCUT2D eigenvalue weighted by Gasteiger charge is 2.14. The van der Waals surface area contributed by atoms with Crippen LogP contribution in [0.2, 0.25) is 0 Å². The van der Waals surface area contributed by atoms with Gasteiger partial charge >= 0.3 is 0 Å². The average molecular weight is 353 g/mol. The van der Waals surface area contributed by atoms with Crippen LogP contribution >= 0.6 is 28.1 Å². The van der Waals surface area contributed by atoms with Gasteiger partial charge in [0.25, 0.3) is 5.91 Å². The summed E-state index contributed by atoms with van der Waals surface area (Å²) in [5.41, 5.74) is 6.80. The zero-order chi connectivity index (χ0) is 14.7. The highest BCUT2D eigenvalue weighted by Crippen LogP contribution is 2.22. The van der Waals surface area contributed by atoms with E-state index >= 15 is 0 Å². The molecule has 0 unspecified atom stereocenters. The van der Waals surface area contributed by atoms with E-state index < -0.39 is 0 Å². The van der Waals surface area contributed by atoms with Gasteiger partial charge < -0.3 is 15.5 Å². The van der Waals surface area contributed by atoms with Crippen LogP contribution in [0.5, 0.6) is 0 Å². The summed E-state index contributed by atoms with van der Waals surface area (Å²) in [5, 5.41) is 2.76. The molecule has 0 saturated heterocycles. The molecular weight excluding hydrogens is 340 g/mol. The first-order valence-corrected chi connectivity index (χ1v) is 7.20. The predicted octanol–water partition coefficient (Wildman–Crippen LogP) is 3.49. The molecule has 0 aliphatic heterocycles. The van der Waals surface area contributed by atoms with Crippen molar-refractivity contribution >= 4 is 44.7 Å². The molecular formula is C14H13BrN2O2S. The van der Waals surface area contributed by atoms with Crippen molar-refractivity contribution in [1.29, 1.82) is 0 Å². The fourth-order valence-electron chi connectivity index (χ4n) is 1.71. The summed E-state index contributed by atoms with van der Waals surface area (Å²) in [6.07, 6.45) is 0.738. The van der Waals surface area contributed by atoms with E-state index in [2.05, 4.69) is 21.2 Å². The second-order valence-electron chi connectivity index (χ2n) is 4.13. The van der Waals surface area contributed by atoms with Gasteiger partial charge in [-0.1, -0.05) is 35.1 Å². The molecule has 20 heavy (non-hydrogen) atoms. The minimum absolute atomic E-state index is 0.224. The van der Waals surface area contributed by atoms with Gasteiger partial charge in [-0.15, -0.1) is 0 Å². The maximum atomic E-state index is 12.1. The van der Waals surface area contributed by atoms with E-state index in [1.54, 1.807) is 24.3 Å². The molecule has 2 rings (SSSR count). The minimum atomic E-state index is -0.333. The summed E-state index contributed by atoms with van der Waals surface area (Å²) < 4.78 is 6.23. The Kier molecular flexibility index (Phi) is 4.57. The molecule has 0 spiro atoms. The molecule has 0 bridgehead atoms. The Hall–Kier alpha value is -1.66. The Morgan fingerprint density at radius 3 is 2.75 bits per heavy atom. The van der Waals surface area contributed by atoms with Crippen LogP contribution in [0.3, 0.4) is 0 Å². The van der Waals surface area contributed by atoms with Crippen molar-refractivity contribution in [1.82, 2.24) is 0 Å². The van der Waals surface area contributed by atoms with Crippen LogP contribution in [0.15, 0.2) is 39.2 Å². The monoisotopic (exact) mass is 352 g/mol. The topological polar surface area (TPSA) is 68.3 Å². The van der Waals surface area contributed by atoms with Crippen LogP contribution in [0.25, 0.3) is 0 Å². The number of amides is 1. The predicted molar refractivity (Wildman–Crippen MR) is 86.1 cm³/mol. The van der Waals surface area contributed by atoms with Crippen LogP contribution in [0, 0.1) is 0 Å². The van der Waals surface area contributed by atoms with Crippen LogP contribution in [-0.4, -0.2) is 10.9 Å². The van der Waals surface area contributed by atoms with Gasteiger partial charge in [0.15, 0.2) is 5.76 Å². The van der Waals surface area contributed by atoms with Gasteiger partial charge in [-0.25, -0.2) is 0 Å². The van der Waals surface area contributed by atoms with Gasteiger partial charge in [0.05, 0.1) is 5.69 Å². The zero-order valence-corrected chi connectivity index (χ0v) is 13.2. The second-order valence-corrected chi connectivity index (χ2v) is 5.48. The van der Waals surface area contributed by atoms with Crippen LogP contribution < -0.4 is 11.1 Å². The molecule has 3 N–H and O–H groups in total. The first-order chi connectivity index (χ1) is 9.51. The third-order valence-corrected chi connectivity index (χ3v) is 3.44. The van der Waals surface area contributed by atoms with E-state index in [1.165, 1.54) is 0 Å². The number of nitrogens with one attached hydrogen (secondary N) is 1. The van der Waals surface area contributed by atoms with Crippen molar-refractivity contribution in [3.05, 3.63) is 51.9 Å². The Balaban J connectivity index is 2.27. The molecule has 1 heterocycles. The second kappa shape index (κ2) is 6.19. The van der Waals surface area contributed by atoms with Gasteiger partial charge in [-0.3, -0.25) is 4.79 Å². The Morgan fingerprint density at radius 2 is 2.15 bits per heavy atom. The van der Waals surface area contributed by atoms with Gasteiger partial charge in [0, 0.05) is 16.5 Å². The fraction of sp³-hybridized carbons (Fsp3) is 0.143. The summed E-state index contributed by atoms with van der Waals surface area (Å²) in [6.45, 7) is 1.96. The van der Waals surface area contributed by atoms with E-state index in [0.717, 1.165) is 16.7 Å². The molecule has 0 atom stereocenters. The summed E-state index contributed by atoms with van der Waals surface area (Å²) in [4.78, 5) is 12.3. The van der Waals surface area contributed by atoms with Crippen molar-refractivity contribution in [2.45, 2.75) is 13.3 Å². The van der Waals surface area contributed by atoms with E-state index in [1.807, 2.05) is 13.0 Å². The van der Waals surface area contributed by atoms with Crippen LogP contribution in [0.1, 0.15) is 28.8 Å². The Labute approximate surface area is 130 Å². The first-order valence-electron chi connectivity index (χ1n) is 6.00. The van der Waals surface area contributed by atoms with Crippen LogP contribution in [0.4, 0.5) is 5.69 Å². The Bertz CT molecular complexity index is 667. The number of nitrogens with two attached hydrogens (primary N) is 1. The fourth-order valence-corrected chi connectivity index (χ4v) is 2.25. The number of carbonyl (C=O) groups excluding carboxylic acids is 1. The number of rotatable bonds is 4. The van der Waals surface area contributed by atoms with Crippen molar-refractivity contribution in [2.24, 2.45) is 5.73 Å². The number of benzene rings is 1. The molecule has 4 nitrogen and oxygen atoms in total. The highest BCUT2D eigenvalue weighted by molar-refractivity contribution is 9.10. The lowest BCUT2D eigenvalue weighted by atomic mass is 10.1. The molecule has 6 heteroatoms. The summed E-state index contributed by atoms with van der Waals surface area (Å²) >= 11 is 8.32. The largest absolute Gasteiger partial charge is 0.456 e. The molecule has 2 aromatic rings. The smallest absolute Gasteiger partial charge is 0.291 e. The number of hydrogen-bond donors (Lipinski definition) is 2. The average Bonchev–Trinajstić information content (AvgIpc) is 2.87. The summed E-state index contributed by atoms with van der Waals surface area (Å²) in [6, 6.07) is 8.74. The van der Waals surface area contributed by atoms with Crippen molar-refractivity contribution in [3.63, 3.8) is 0 Å². The number of halogens is 1. The first kappa shape index (κ1) is 14.7.